The number of hydrogen-bond donors (Lipinski definition) is 0. The van der Waals surface area contributed by atoms with E-state index < -0.39 is 0 Å². The molecular formula is C54H43N. The van der Waals surface area contributed by atoms with Crippen molar-refractivity contribution in [3.63, 3.8) is 0 Å². The van der Waals surface area contributed by atoms with Crippen LogP contribution in [0, 0.1) is 0 Å². The second kappa shape index (κ2) is 13.2. The predicted molar refractivity (Wildman–Crippen MR) is 236 cm³/mol. The summed E-state index contributed by atoms with van der Waals surface area (Å²) in [4.78, 5) is 5.66. The molecule has 1 aliphatic heterocycles. The molecule has 0 spiro atoms. The Bertz CT molecular complexity index is 2900. The lowest BCUT2D eigenvalue weighted by Gasteiger charge is -2.21. The van der Waals surface area contributed by atoms with Crippen LogP contribution in [-0.2, 0) is 5.41 Å². The summed E-state index contributed by atoms with van der Waals surface area (Å²) in [5, 5.41) is 7.70. The van der Waals surface area contributed by atoms with Crippen molar-refractivity contribution in [2.45, 2.75) is 45.4 Å². The van der Waals surface area contributed by atoms with Crippen LogP contribution in [0.4, 0.5) is 0 Å². The van der Waals surface area contributed by atoms with E-state index in [1.54, 1.807) is 0 Å². The highest BCUT2D eigenvalue weighted by Gasteiger charge is 2.35. The van der Waals surface area contributed by atoms with Crippen molar-refractivity contribution in [1.82, 2.24) is 0 Å². The first-order chi connectivity index (χ1) is 27.0. The maximum absolute atomic E-state index is 5.66. The van der Waals surface area contributed by atoms with Gasteiger partial charge in [-0.25, -0.2) is 0 Å². The first kappa shape index (κ1) is 33.3. The summed E-state index contributed by atoms with van der Waals surface area (Å²) in [5.41, 5.74) is 16.4. The average Bonchev–Trinajstić information content (AvgIpc) is 3.46. The highest BCUT2D eigenvalue weighted by molar-refractivity contribution is 6.29. The van der Waals surface area contributed by atoms with Crippen LogP contribution in [0.25, 0.3) is 65.8 Å². The van der Waals surface area contributed by atoms with Gasteiger partial charge in [-0.1, -0.05) is 179 Å². The second-order valence-corrected chi connectivity index (χ2v) is 15.6. The molecule has 1 heteroatoms. The number of benzene rings is 8. The fraction of sp³-hybridized carbons (Fsp3) is 0.130. The fourth-order valence-electron chi connectivity index (χ4n) is 9.49. The maximum atomic E-state index is 5.66. The van der Waals surface area contributed by atoms with E-state index in [0.29, 0.717) is 0 Å². The minimum atomic E-state index is -0.0267. The Kier molecular flexibility index (Phi) is 8.00. The molecule has 0 radical (unpaired) electrons. The van der Waals surface area contributed by atoms with Crippen LogP contribution in [0.15, 0.2) is 180 Å². The molecule has 0 unspecified atom stereocenters. The summed E-state index contributed by atoms with van der Waals surface area (Å²) >= 11 is 0. The lowest BCUT2D eigenvalue weighted by Crippen LogP contribution is -2.14. The molecule has 0 saturated carbocycles. The highest BCUT2D eigenvalue weighted by Crippen LogP contribution is 2.50. The van der Waals surface area contributed by atoms with Crippen molar-refractivity contribution < 1.29 is 0 Å². The Morgan fingerprint density at radius 1 is 0.491 bits per heavy atom. The van der Waals surface area contributed by atoms with Crippen molar-refractivity contribution >= 4 is 49.3 Å². The van der Waals surface area contributed by atoms with Crippen molar-refractivity contribution in [3.05, 3.63) is 203 Å². The standard InChI is InChI=1S/C54H43N/c1-4-39-40(35-17-7-5-8-18-35)24-16-28-51(55-53(39)36-19-9-6-10-20-36)38-29-31-44-42-21-11-12-22-43(42)46-26-15-25-41(52(46)48(44)34-38)37-30-32-50-47(33-37)45-23-13-14-27-49(45)54(50,2)3/h5-15,17-27,29-34H,4,16,28H2,1-3H3. The van der Waals surface area contributed by atoms with Crippen molar-refractivity contribution in [3.8, 4) is 22.3 Å². The summed E-state index contributed by atoms with van der Waals surface area (Å²) < 4.78 is 0. The van der Waals surface area contributed by atoms with Crippen molar-refractivity contribution in [2.24, 2.45) is 4.99 Å². The van der Waals surface area contributed by atoms with Crippen LogP contribution in [0.1, 0.15) is 67.9 Å². The summed E-state index contributed by atoms with van der Waals surface area (Å²) in [6.07, 6.45) is 5.11. The fourth-order valence-corrected chi connectivity index (χ4v) is 9.49. The molecule has 0 atom stereocenters. The molecule has 0 N–H and O–H groups in total. The topological polar surface area (TPSA) is 12.4 Å². The van der Waals surface area contributed by atoms with Gasteiger partial charge in [0, 0.05) is 16.7 Å². The molecule has 0 aromatic heterocycles. The van der Waals surface area contributed by atoms with Crippen LogP contribution < -0.4 is 0 Å². The van der Waals surface area contributed by atoms with E-state index in [4.69, 9.17) is 4.99 Å². The SMILES string of the molecule is CCC1=C(c2ccccc2)N=C(c2ccc3c4ccccc4c4cccc(-c5ccc6c(c5)-c5ccccc5C6(C)C)c4c3c2)CCC=C1c1ccccc1. The first-order valence-corrected chi connectivity index (χ1v) is 19.8. The Balaban J connectivity index is 1.21. The molecule has 8 aromatic rings. The minimum Gasteiger partial charge on any atom is -0.252 e. The third-order valence-electron chi connectivity index (χ3n) is 12.2. The monoisotopic (exact) mass is 705 g/mol. The van der Waals surface area contributed by atoms with Gasteiger partial charge < -0.3 is 0 Å². The molecular weight excluding hydrogens is 663 g/mol. The Morgan fingerprint density at radius 3 is 1.89 bits per heavy atom. The van der Waals surface area contributed by atoms with E-state index in [-0.39, 0.29) is 5.41 Å². The van der Waals surface area contributed by atoms with Gasteiger partial charge in [0.1, 0.15) is 0 Å². The molecule has 0 amide bonds. The smallest absolute Gasteiger partial charge is 0.0743 e. The number of hydrogen-bond acceptors (Lipinski definition) is 1. The lowest BCUT2D eigenvalue weighted by atomic mass is 9.82. The number of rotatable bonds is 5. The van der Waals surface area contributed by atoms with Crippen molar-refractivity contribution in [1.29, 1.82) is 0 Å². The van der Waals surface area contributed by atoms with Crippen LogP contribution in [0.2, 0.25) is 0 Å². The number of aliphatic imine (C=N–C) groups is 1. The summed E-state index contributed by atoms with van der Waals surface area (Å²) in [6.45, 7) is 6.97. The summed E-state index contributed by atoms with van der Waals surface area (Å²) in [5.74, 6) is 0. The van der Waals surface area contributed by atoms with Crippen LogP contribution >= 0.6 is 0 Å². The Labute approximate surface area is 324 Å². The van der Waals surface area contributed by atoms with Gasteiger partial charge in [0.15, 0.2) is 0 Å². The lowest BCUT2D eigenvalue weighted by molar-refractivity contribution is 0.660. The van der Waals surface area contributed by atoms with E-state index in [1.165, 1.54) is 88.0 Å². The van der Waals surface area contributed by atoms with E-state index in [9.17, 15) is 0 Å². The quantitative estimate of drug-likeness (QED) is 0.158. The van der Waals surface area contributed by atoms with E-state index in [2.05, 4.69) is 191 Å². The summed E-state index contributed by atoms with van der Waals surface area (Å²) in [6, 6.07) is 60.6. The zero-order chi connectivity index (χ0) is 37.1. The molecule has 0 saturated heterocycles. The molecule has 1 aliphatic carbocycles. The molecule has 1 heterocycles. The van der Waals surface area contributed by atoms with Gasteiger partial charge in [-0.2, -0.15) is 0 Å². The predicted octanol–water partition coefficient (Wildman–Crippen LogP) is 14.6. The van der Waals surface area contributed by atoms with Gasteiger partial charge in [0.05, 0.1) is 5.70 Å². The van der Waals surface area contributed by atoms with Gasteiger partial charge in [-0.05, 0) is 119 Å². The number of fused-ring (bicyclic) bond motifs is 9. The molecule has 10 rings (SSSR count). The number of allylic oxidation sites excluding steroid dienone is 3. The van der Waals surface area contributed by atoms with Gasteiger partial charge in [0.2, 0.25) is 0 Å². The molecule has 1 nitrogen and oxygen atoms in total. The van der Waals surface area contributed by atoms with Gasteiger partial charge in [0.25, 0.3) is 0 Å². The zero-order valence-electron chi connectivity index (χ0n) is 31.7. The third kappa shape index (κ3) is 5.41. The average molecular weight is 706 g/mol. The second-order valence-electron chi connectivity index (χ2n) is 15.6. The normalized spacial score (nSPS) is 15.0. The summed E-state index contributed by atoms with van der Waals surface area (Å²) in [7, 11) is 0. The highest BCUT2D eigenvalue weighted by atomic mass is 14.8. The van der Waals surface area contributed by atoms with Crippen LogP contribution in [0.3, 0.4) is 0 Å². The van der Waals surface area contributed by atoms with Gasteiger partial charge >= 0.3 is 0 Å². The minimum absolute atomic E-state index is 0.0267. The molecule has 55 heavy (non-hydrogen) atoms. The van der Waals surface area contributed by atoms with Gasteiger partial charge in [-0.15, -0.1) is 0 Å². The van der Waals surface area contributed by atoms with Crippen LogP contribution in [0.5, 0.6) is 0 Å². The number of nitrogens with zero attached hydrogens (tertiary/aromatic N) is 1. The largest absolute Gasteiger partial charge is 0.252 e. The molecule has 8 aromatic carbocycles. The molecule has 2 aliphatic rings. The zero-order valence-corrected chi connectivity index (χ0v) is 31.7. The Morgan fingerprint density at radius 2 is 1.11 bits per heavy atom. The van der Waals surface area contributed by atoms with E-state index >= 15 is 0 Å². The van der Waals surface area contributed by atoms with Crippen molar-refractivity contribution in [2.75, 3.05) is 0 Å². The maximum Gasteiger partial charge on any atom is 0.0743 e. The van der Waals surface area contributed by atoms with Crippen LogP contribution in [-0.4, -0.2) is 5.71 Å². The molecule has 0 fully saturated rings. The third-order valence-corrected chi connectivity index (χ3v) is 12.2. The van der Waals surface area contributed by atoms with E-state index in [1.807, 2.05) is 0 Å². The Hall–Kier alpha value is -6.31. The van der Waals surface area contributed by atoms with E-state index in [0.717, 1.165) is 36.2 Å². The molecule has 264 valence electrons. The molecule has 0 bridgehead atoms. The van der Waals surface area contributed by atoms with Gasteiger partial charge in [-0.3, -0.25) is 4.99 Å². The first-order valence-electron chi connectivity index (χ1n) is 19.8.